The Morgan fingerprint density at radius 3 is 2.69 bits per heavy atom. The standard InChI is InChI=1S/C17H22N4O2S3/c1-23-12-6-4-11(5-7-12)14-10-13(18)15(26-14)16(22)20-21-17(24)19-8-3-9-25-2/h4-7,10H,3,8-9,18H2,1-2H3,(H,20,22)(H2,19,21,24). The number of thioether (sulfide) groups is 1. The smallest absolute Gasteiger partial charge is 0.281 e. The van der Waals surface area contributed by atoms with Gasteiger partial charge in [0.2, 0.25) is 0 Å². The summed E-state index contributed by atoms with van der Waals surface area (Å²) in [6.45, 7) is 0.755. The van der Waals surface area contributed by atoms with Crippen molar-refractivity contribution in [2.45, 2.75) is 6.42 Å². The Morgan fingerprint density at radius 2 is 2.04 bits per heavy atom. The molecule has 2 aromatic rings. The molecular weight excluding hydrogens is 388 g/mol. The summed E-state index contributed by atoms with van der Waals surface area (Å²) >= 11 is 8.23. The summed E-state index contributed by atoms with van der Waals surface area (Å²) in [6.07, 6.45) is 3.06. The number of anilines is 1. The number of nitrogens with two attached hydrogens (primary N) is 1. The van der Waals surface area contributed by atoms with Gasteiger partial charge in [-0.1, -0.05) is 0 Å². The monoisotopic (exact) mass is 410 g/mol. The Hall–Kier alpha value is -1.97. The maximum absolute atomic E-state index is 12.3. The van der Waals surface area contributed by atoms with E-state index in [0.29, 0.717) is 15.7 Å². The molecule has 0 aliphatic carbocycles. The summed E-state index contributed by atoms with van der Waals surface area (Å²) in [7, 11) is 1.62. The minimum absolute atomic E-state index is 0.319. The van der Waals surface area contributed by atoms with Crippen LogP contribution >= 0.6 is 35.3 Å². The van der Waals surface area contributed by atoms with Gasteiger partial charge in [0.25, 0.3) is 5.91 Å². The van der Waals surface area contributed by atoms with E-state index < -0.39 is 0 Å². The van der Waals surface area contributed by atoms with E-state index in [4.69, 9.17) is 22.7 Å². The molecule has 0 unspecified atom stereocenters. The van der Waals surface area contributed by atoms with Crippen LogP contribution in [-0.4, -0.2) is 36.7 Å². The van der Waals surface area contributed by atoms with Crippen LogP contribution in [0.15, 0.2) is 30.3 Å². The highest BCUT2D eigenvalue weighted by molar-refractivity contribution is 7.98. The first kappa shape index (κ1) is 20.3. The van der Waals surface area contributed by atoms with Gasteiger partial charge >= 0.3 is 0 Å². The van der Waals surface area contributed by atoms with E-state index in [1.165, 1.54) is 11.3 Å². The molecule has 0 radical (unpaired) electrons. The molecule has 1 amide bonds. The van der Waals surface area contributed by atoms with Crippen molar-refractivity contribution in [1.82, 2.24) is 16.2 Å². The molecule has 0 bridgehead atoms. The highest BCUT2D eigenvalue weighted by atomic mass is 32.2. The van der Waals surface area contributed by atoms with Crippen LogP contribution in [0.25, 0.3) is 10.4 Å². The van der Waals surface area contributed by atoms with Gasteiger partial charge in [0, 0.05) is 11.4 Å². The fourth-order valence-electron chi connectivity index (χ4n) is 2.11. The molecule has 140 valence electrons. The zero-order valence-corrected chi connectivity index (χ0v) is 17.1. The van der Waals surface area contributed by atoms with Crippen LogP contribution in [0, 0.1) is 0 Å². The molecule has 1 heterocycles. The number of rotatable bonds is 7. The molecule has 26 heavy (non-hydrogen) atoms. The molecule has 0 fully saturated rings. The summed E-state index contributed by atoms with van der Waals surface area (Å²) in [5, 5.41) is 3.41. The van der Waals surface area contributed by atoms with Crippen LogP contribution < -0.4 is 26.6 Å². The maximum atomic E-state index is 12.3. The number of benzene rings is 1. The number of hydrazine groups is 1. The third kappa shape index (κ3) is 5.79. The first-order valence-electron chi connectivity index (χ1n) is 7.92. The second kappa shape index (κ2) is 10.2. The predicted octanol–water partition coefficient (Wildman–Crippen LogP) is 2.87. The number of methoxy groups -OCH3 is 1. The maximum Gasteiger partial charge on any atom is 0.281 e. The van der Waals surface area contributed by atoms with Crippen LogP contribution in [0.5, 0.6) is 5.75 Å². The largest absolute Gasteiger partial charge is 0.497 e. The molecule has 0 aliphatic rings. The van der Waals surface area contributed by atoms with Crippen molar-refractivity contribution in [3.63, 3.8) is 0 Å². The molecular formula is C17H22N4O2S3. The van der Waals surface area contributed by atoms with E-state index in [-0.39, 0.29) is 5.91 Å². The predicted molar refractivity (Wildman–Crippen MR) is 115 cm³/mol. The molecule has 1 aromatic carbocycles. The molecule has 0 saturated carbocycles. The van der Waals surface area contributed by atoms with E-state index >= 15 is 0 Å². The highest BCUT2D eigenvalue weighted by Gasteiger charge is 2.15. The number of hydrogen-bond acceptors (Lipinski definition) is 6. The van der Waals surface area contributed by atoms with Gasteiger partial charge in [-0.3, -0.25) is 15.6 Å². The molecule has 0 atom stereocenters. The van der Waals surface area contributed by atoms with E-state index in [0.717, 1.165) is 34.9 Å². The molecule has 0 saturated heterocycles. The highest BCUT2D eigenvalue weighted by Crippen LogP contribution is 2.33. The van der Waals surface area contributed by atoms with Crippen molar-refractivity contribution in [3.8, 4) is 16.2 Å². The van der Waals surface area contributed by atoms with Crippen LogP contribution in [0.3, 0.4) is 0 Å². The van der Waals surface area contributed by atoms with Crippen LogP contribution in [-0.2, 0) is 0 Å². The van der Waals surface area contributed by atoms with Gasteiger partial charge in [0.05, 0.1) is 12.8 Å². The minimum Gasteiger partial charge on any atom is -0.497 e. The number of ether oxygens (including phenoxy) is 1. The third-order valence-corrected chi connectivity index (χ3v) is 5.58. The molecule has 0 aliphatic heterocycles. The second-order valence-electron chi connectivity index (χ2n) is 5.30. The van der Waals surface area contributed by atoms with Crippen molar-refractivity contribution >= 4 is 52.0 Å². The number of nitrogen functional groups attached to an aromatic ring is 1. The first-order valence-corrected chi connectivity index (χ1v) is 10.5. The molecule has 9 heteroatoms. The number of nitrogens with one attached hydrogen (secondary N) is 3. The summed E-state index contributed by atoms with van der Waals surface area (Å²) in [5.74, 6) is 1.52. The van der Waals surface area contributed by atoms with Crippen molar-refractivity contribution in [2.24, 2.45) is 0 Å². The van der Waals surface area contributed by atoms with E-state index in [1.54, 1.807) is 24.9 Å². The zero-order valence-electron chi connectivity index (χ0n) is 14.6. The number of thiophene rings is 1. The second-order valence-corrected chi connectivity index (χ2v) is 7.75. The number of thiocarbonyl (C=S) groups is 1. The summed E-state index contributed by atoms with van der Waals surface area (Å²) < 4.78 is 5.16. The lowest BCUT2D eigenvalue weighted by molar-refractivity contribution is 0.0948. The van der Waals surface area contributed by atoms with E-state index in [1.807, 2.05) is 24.3 Å². The molecule has 6 nitrogen and oxygen atoms in total. The van der Waals surface area contributed by atoms with Gasteiger partial charge in [0.15, 0.2) is 5.11 Å². The number of carbonyl (C=O) groups is 1. The van der Waals surface area contributed by atoms with Crippen LogP contribution in [0.1, 0.15) is 16.1 Å². The van der Waals surface area contributed by atoms with Crippen LogP contribution in [0.2, 0.25) is 0 Å². The lowest BCUT2D eigenvalue weighted by Gasteiger charge is -2.10. The average molecular weight is 411 g/mol. The molecule has 2 rings (SSSR count). The Labute approximate surface area is 166 Å². The van der Waals surface area contributed by atoms with E-state index in [9.17, 15) is 4.79 Å². The van der Waals surface area contributed by atoms with Gasteiger partial charge in [-0.2, -0.15) is 11.8 Å². The fraction of sp³-hybridized carbons (Fsp3) is 0.294. The van der Waals surface area contributed by atoms with Gasteiger partial charge < -0.3 is 15.8 Å². The number of amides is 1. The fourth-order valence-corrected chi connectivity index (χ4v) is 3.68. The van der Waals surface area contributed by atoms with Gasteiger partial charge in [-0.05, 0) is 66.5 Å². The van der Waals surface area contributed by atoms with Crippen LogP contribution in [0.4, 0.5) is 5.69 Å². The average Bonchev–Trinajstić information content (AvgIpc) is 3.05. The lowest BCUT2D eigenvalue weighted by Crippen LogP contribution is -2.46. The van der Waals surface area contributed by atoms with Crippen molar-refractivity contribution in [3.05, 3.63) is 35.2 Å². The summed E-state index contributed by atoms with van der Waals surface area (Å²) in [6, 6.07) is 9.39. The Balaban J connectivity index is 1.92. The van der Waals surface area contributed by atoms with Crippen molar-refractivity contribution in [1.29, 1.82) is 0 Å². The van der Waals surface area contributed by atoms with Crippen molar-refractivity contribution in [2.75, 3.05) is 31.4 Å². The van der Waals surface area contributed by atoms with E-state index in [2.05, 4.69) is 22.4 Å². The Bertz CT molecular complexity index is 747. The Morgan fingerprint density at radius 1 is 1.31 bits per heavy atom. The normalized spacial score (nSPS) is 10.2. The third-order valence-electron chi connectivity index (χ3n) is 3.44. The molecule has 5 N–H and O–H groups in total. The van der Waals surface area contributed by atoms with Crippen molar-refractivity contribution < 1.29 is 9.53 Å². The number of carbonyl (C=O) groups excluding carboxylic acids is 1. The first-order chi connectivity index (χ1) is 12.5. The summed E-state index contributed by atoms with van der Waals surface area (Å²) in [5.41, 5.74) is 12.7. The van der Waals surface area contributed by atoms with Gasteiger partial charge in [0.1, 0.15) is 10.6 Å². The zero-order chi connectivity index (χ0) is 18.9. The lowest BCUT2D eigenvalue weighted by atomic mass is 10.2. The SMILES string of the molecule is COc1ccc(-c2cc(N)c(C(=O)NNC(=S)NCCCSC)s2)cc1. The van der Waals surface area contributed by atoms with Gasteiger partial charge in [-0.15, -0.1) is 11.3 Å². The topological polar surface area (TPSA) is 88.4 Å². The quantitative estimate of drug-likeness (QED) is 0.317. The Kier molecular flexibility index (Phi) is 8.02. The minimum atomic E-state index is -0.319. The van der Waals surface area contributed by atoms with Gasteiger partial charge in [-0.25, -0.2) is 0 Å². The summed E-state index contributed by atoms with van der Waals surface area (Å²) in [4.78, 5) is 13.7. The number of hydrogen-bond donors (Lipinski definition) is 4. The molecule has 1 aromatic heterocycles. The molecule has 0 spiro atoms.